The summed E-state index contributed by atoms with van der Waals surface area (Å²) in [4.78, 5) is 13.4. The third-order valence-corrected chi connectivity index (χ3v) is 3.69. The first-order chi connectivity index (χ1) is 9.28. The first-order valence-electron chi connectivity index (χ1n) is 6.61. The van der Waals surface area contributed by atoms with Crippen molar-refractivity contribution in [2.75, 3.05) is 26.7 Å². The van der Waals surface area contributed by atoms with E-state index < -0.39 is 0 Å². The molecule has 4 heteroatoms. The minimum absolute atomic E-state index is 0.189. The number of benzene rings is 1. The number of morpholine rings is 1. The molecular weight excluding hydrogens is 240 g/mol. The Hall–Kier alpha value is -1.65. The van der Waals surface area contributed by atoms with Crippen molar-refractivity contribution in [1.82, 2.24) is 9.47 Å². The lowest BCUT2D eigenvalue weighted by molar-refractivity contribution is -0.0269. The maximum Gasteiger partial charge on any atom is 0.152 e. The van der Waals surface area contributed by atoms with Gasteiger partial charge in [0.2, 0.25) is 0 Å². The summed E-state index contributed by atoms with van der Waals surface area (Å²) in [6, 6.07) is 8.00. The van der Waals surface area contributed by atoms with Crippen LogP contribution in [0.15, 0.2) is 30.5 Å². The molecule has 1 fully saturated rings. The summed E-state index contributed by atoms with van der Waals surface area (Å²) in [5.74, 6) is 0. The smallest absolute Gasteiger partial charge is 0.152 e. The van der Waals surface area contributed by atoms with E-state index in [0.29, 0.717) is 0 Å². The van der Waals surface area contributed by atoms with Crippen molar-refractivity contribution in [1.29, 1.82) is 0 Å². The predicted octanol–water partition coefficient (Wildman–Crippen LogP) is 1.78. The number of likely N-dealkylation sites (N-methyl/N-ethyl adjacent to an activating group) is 1. The SMILES string of the molecule is CN1CCOC(Cn2cc(C=O)c3ccccc32)C1. The van der Waals surface area contributed by atoms with Crippen LogP contribution in [0.2, 0.25) is 0 Å². The Morgan fingerprint density at radius 1 is 1.42 bits per heavy atom. The zero-order valence-electron chi connectivity index (χ0n) is 11.1. The van der Waals surface area contributed by atoms with Crippen LogP contribution >= 0.6 is 0 Å². The van der Waals surface area contributed by atoms with Gasteiger partial charge >= 0.3 is 0 Å². The summed E-state index contributed by atoms with van der Waals surface area (Å²) in [6.45, 7) is 3.49. The summed E-state index contributed by atoms with van der Waals surface area (Å²) in [6.07, 6.45) is 3.04. The van der Waals surface area contributed by atoms with Crippen molar-refractivity contribution in [3.63, 3.8) is 0 Å². The average Bonchev–Trinajstić information content (AvgIpc) is 2.77. The van der Waals surface area contributed by atoms with Crippen molar-refractivity contribution in [3.05, 3.63) is 36.0 Å². The highest BCUT2D eigenvalue weighted by molar-refractivity contribution is 5.97. The molecule has 0 bridgehead atoms. The minimum Gasteiger partial charge on any atom is -0.374 e. The van der Waals surface area contributed by atoms with Gasteiger partial charge in [0.05, 0.1) is 19.3 Å². The molecule has 2 heterocycles. The van der Waals surface area contributed by atoms with Crippen LogP contribution in [-0.4, -0.2) is 48.6 Å². The van der Waals surface area contributed by atoms with E-state index >= 15 is 0 Å². The van der Waals surface area contributed by atoms with E-state index in [4.69, 9.17) is 4.74 Å². The standard InChI is InChI=1S/C15H18N2O2/c1-16-6-7-19-13(9-16)10-17-8-12(11-18)14-4-2-3-5-15(14)17/h2-5,8,11,13H,6-7,9-10H2,1H3. The van der Waals surface area contributed by atoms with Crippen LogP contribution in [-0.2, 0) is 11.3 Å². The number of carbonyl (C=O) groups excluding carboxylic acids is 1. The molecular formula is C15H18N2O2. The molecule has 0 N–H and O–H groups in total. The Kier molecular flexibility index (Phi) is 3.36. The van der Waals surface area contributed by atoms with Crippen LogP contribution in [0.25, 0.3) is 10.9 Å². The van der Waals surface area contributed by atoms with Crippen molar-refractivity contribution in [2.45, 2.75) is 12.6 Å². The molecule has 0 amide bonds. The molecule has 1 aromatic carbocycles. The molecule has 0 spiro atoms. The van der Waals surface area contributed by atoms with Crippen LogP contribution in [0, 0.1) is 0 Å². The monoisotopic (exact) mass is 258 g/mol. The summed E-state index contributed by atoms with van der Waals surface area (Å²) >= 11 is 0. The lowest BCUT2D eigenvalue weighted by Gasteiger charge is -2.30. The fourth-order valence-electron chi connectivity index (χ4n) is 2.72. The Balaban J connectivity index is 1.90. The highest BCUT2D eigenvalue weighted by Gasteiger charge is 2.19. The number of para-hydroxylation sites is 1. The molecule has 2 aromatic rings. The maximum absolute atomic E-state index is 11.1. The van der Waals surface area contributed by atoms with Crippen LogP contribution in [0.3, 0.4) is 0 Å². The van der Waals surface area contributed by atoms with Gasteiger partial charge in [-0.15, -0.1) is 0 Å². The highest BCUT2D eigenvalue weighted by Crippen LogP contribution is 2.21. The third-order valence-electron chi connectivity index (χ3n) is 3.69. The number of hydrogen-bond donors (Lipinski definition) is 0. The molecule has 1 unspecified atom stereocenters. The van der Waals surface area contributed by atoms with Gasteiger partial charge in [-0.3, -0.25) is 4.79 Å². The molecule has 0 saturated carbocycles. The second kappa shape index (κ2) is 5.15. The number of carbonyl (C=O) groups is 1. The lowest BCUT2D eigenvalue weighted by Crippen LogP contribution is -2.41. The quantitative estimate of drug-likeness (QED) is 0.787. The second-order valence-corrected chi connectivity index (χ2v) is 5.13. The van der Waals surface area contributed by atoms with Gasteiger partial charge in [0, 0.05) is 35.8 Å². The number of fused-ring (bicyclic) bond motifs is 1. The number of aldehydes is 1. The molecule has 4 nitrogen and oxygen atoms in total. The summed E-state index contributed by atoms with van der Waals surface area (Å²) in [5, 5.41) is 1.02. The molecule has 19 heavy (non-hydrogen) atoms. The van der Waals surface area contributed by atoms with Gasteiger partial charge in [0.25, 0.3) is 0 Å². The molecule has 0 radical (unpaired) electrons. The van der Waals surface area contributed by atoms with Crippen LogP contribution < -0.4 is 0 Å². The average molecular weight is 258 g/mol. The van der Waals surface area contributed by atoms with Gasteiger partial charge < -0.3 is 14.2 Å². The van der Waals surface area contributed by atoms with Gasteiger partial charge in [0.1, 0.15) is 0 Å². The normalized spacial score (nSPS) is 20.8. The van der Waals surface area contributed by atoms with E-state index in [0.717, 1.165) is 49.0 Å². The Labute approximate surface area is 112 Å². The molecule has 1 aromatic heterocycles. The Morgan fingerprint density at radius 2 is 2.26 bits per heavy atom. The van der Waals surface area contributed by atoms with Gasteiger partial charge in [-0.2, -0.15) is 0 Å². The molecule has 1 aliphatic rings. The zero-order valence-corrected chi connectivity index (χ0v) is 11.1. The van der Waals surface area contributed by atoms with Crippen molar-refractivity contribution >= 4 is 17.2 Å². The Morgan fingerprint density at radius 3 is 3.05 bits per heavy atom. The van der Waals surface area contributed by atoms with E-state index in [1.54, 1.807) is 0 Å². The lowest BCUT2D eigenvalue weighted by atomic mass is 10.2. The minimum atomic E-state index is 0.189. The van der Waals surface area contributed by atoms with Crippen LogP contribution in [0.5, 0.6) is 0 Å². The predicted molar refractivity (Wildman–Crippen MR) is 74.6 cm³/mol. The molecule has 1 atom stereocenters. The Bertz CT molecular complexity index is 591. The first-order valence-corrected chi connectivity index (χ1v) is 6.61. The van der Waals surface area contributed by atoms with Crippen LogP contribution in [0.4, 0.5) is 0 Å². The fourth-order valence-corrected chi connectivity index (χ4v) is 2.72. The van der Waals surface area contributed by atoms with E-state index in [1.807, 2.05) is 24.4 Å². The second-order valence-electron chi connectivity index (χ2n) is 5.13. The number of hydrogen-bond acceptors (Lipinski definition) is 3. The number of rotatable bonds is 3. The third kappa shape index (κ3) is 2.41. The van der Waals surface area contributed by atoms with Crippen molar-refractivity contribution < 1.29 is 9.53 Å². The molecule has 0 aliphatic carbocycles. The fraction of sp³-hybridized carbons (Fsp3) is 0.400. The van der Waals surface area contributed by atoms with Crippen molar-refractivity contribution in [2.24, 2.45) is 0 Å². The summed E-state index contributed by atoms with van der Waals surface area (Å²) in [7, 11) is 2.11. The topological polar surface area (TPSA) is 34.5 Å². The molecule has 3 rings (SSSR count). The van der Waals surface area contributed by atoms with E-state index in [9.17, 15) is 4.79 Å². The van der Waals surface area contributed by atoms with Crippen LogP contribution in [0.1, 0.15) is 10.4 Å². The molecule has 100 valence electrons. The largest absolute Gasteiger partial charge is 0.374 e. The van der Waals surface area contributed by atoms with E-state index in [2.05, 4.69) is 22.6 Å². The highest BCUT2D eigenvalue weighted by atomic mass is 16.5. The number of ether oxygens (including phenoxy) is 1. The molecule has 1 aliphatic heterocycles. The van der Waals surface area contributed by atoms with Gasteiger partial charge in [-0.25, -0.2) is 0 Å². The van der Waals surface area contributed by atoms with Gasteiger partial charge in [-0.1, -0.05) is 18.2 Å². The van der Waals surface area contributed by atoms with E-state index in [-0.39, 0.29) is 6.10 Å². The maximum atomic E-state index is 11.1. The van der Waals surface area contributed by atoms with Gasteiger partial charge in [-0.05, 0) is 13.1 Å². The zero-order chi connectivity index (χ0) is 13.2. The number of nitrogens with zero attached hydrogens (tertiary/aromatic N) is 2. The molecule has 1 saturated heterocycles. The number of aromatic nitrogens is 1. The van der Waals surface area contributed by atoms with E-state index in [1.165, 1.54) is 0 Å². The first kappa shape index (κ1) is 12.4. The summed E-state index contributed by atoms with van der Waals surface area (Å²) in [5.41, 5.74) is 1.85. The van der Waals surface area contributed by atoms with Gasteiger partial charge in [0.15, 0.2) is 6.29 Å². The summed E-state index contributed by atoms with van der Waals surface area (Å²) < 4.78 is 7.92. The van der Waals surface area contributed by atoms with Crippen molar-refractivity contribution in [3.8, 4) is 0 Å².